The Labute approximate surface area is 129 Å². The predicted octanol–water partition coefficient (Wildman–Crippen LogP) is 1.68. The zero-order chi connectivity index (χ0) is 16.1. The topological polar surface area (TPSA) is 104 Å². The third-order valence-corrected chi connectivity index (χ3v) is 3.88. The summed E-state index contributed by atoms with van der Waals surface area (Å²) in [6, 6.07) is 7.16. The lowest BCUT2D eigenvalue weighted by atomic mass is 10.0. The van der Waals surface area contributed by atoms with Crippen molar-refractivity contribution < 1.29 is 4.79 Å². The van der Waals surface area contributed by atoms with E-state index in [0.717, 1.165) is 25.1 Å². The second-order valence-electron chi connectivity index (χ2n) is 5.20. The standard InChI is InChI=1S/C16H19N5O/c1-20-16(22)15-3-2-8-21(15)14-5-4-11(9-12(14)10-18)13(19)6-7-17/h4-5,7,9,15,17,19H,2-3,6,8H2,1H3,(H,20,22). The fourth-order valence-corrected chi connectivity index (χ4v) is 2.78. The average molecular weight is 297 g/mol. The molecule has 1 fully saturated rings. The maximum absolute atomic E-state index is 12.0. The van der Waals surface area contributed by atoms with Gasteiger partial charge in [-0.2, -0.15) is 5.26 Å². The Morgan fingerprint density at radius 3 is 3.00 bits per heavy atom. The molecule has 0 bridgehead atoms. The lowest BCUT2D eigenvalue weighted by Gasteiger charge is -2.26. The summed E-state index contributed by atoms with van der Waals surface area (Å²) in [5, 5.41) is 27.0. The molecule has 22 heavy (non-hydrogen) atoms. The molecule has 1 unspecified atom stereocenters. The molecule has 1 aliphatic rings. The summed E-state index contributed by atoms with van der Waals surface area (Å²) in [6.07, 6.45) is 3.10. The highest BCUT2D eigenvalue weighted by Gasteiger charge is 2.31. The minimum Gasteiger partial charge on any atom is -0.358 e. The van der Waals surface area contributed by atoms with Crippen LogP contribution in [0.1, 0.15) is 30.4 Å². The summed E-state index contributed by atoms with van der Waals surface area (Å²) in [7, 11) is 1.62. The lowest BCUT2D eigenvalue weighted by Crippen LogP contribution is -2.42. The van der Waals surface area contributed by atoms with Gasteiger partial charge in [-0.05, 0) is 30.5 Å². The predicted molar refractivity (Wildman–Crippen MR) is 85.8 cm³/mol. The van der Waals surface area contributed by atoms with Crippen LogP contribution in [0.5, 0.6) is 0 Å². The van der Waals surface area contributed by atoms with E-state index in [4.69, 9.17) is 10.8 Å². The first kappa shape index (κ1) is 15.7. The van der Waals surface area contributed by atoms with Gasteiger partial charge in [0.15, 0.2) is 0 Å². The van der Waals surface area contributed by atoms with Crippen molar-refractivity contribution in [2.45, 2.75) is 25.3 Å². The van der Waals surface area contributed by atoms with E-state index in [0.29, 0.717) is 16.8 Å². The highest BCUT2D eigenvalue weighted by molar-refractivity contribution is 6.05. The summed E-state index contributed by atoms with van der Waals surface area (Å²) < 4.78 is 0. The molecule has 114 valence electrons. The molecule has 0 saturated carbocycles. The van der Waals surface area contributed by atoms with Crippen molar-refractivity contribution in [3.8, 4) is 6.07 Å². The fourth-order valence-electron chi connectivity index (χ4n) is 2.78. The molecular formula is C16H19N5O. The SMILES string of the molecule is CNC(=O)C1CCCN1c1ccc(C(=N)CC=N)cc1C#N. The van der Waals surface area contributed by atoms with Gasteiger partial charge in [-0.3, -0.25) is 4.79 Å². The summed E-state index contributed by atoms with van der Waals surface area (Å²) in [5.41, 5.74) is 2.14. The molecule has 1 heterocycles. The van der Waals surface area contributed by atoms with Crippen LogP contribution in [0.2, 0.25) is 0 Å². The van der Waals surface area contributed by atoms with Crippen molar-refractivity contribution in [2.75, 3.05) is 18.5 Å². The molecule has 1 amide bonds. The number of likely N-dealkylation sites (N-methyl/N-ethyl adjacent to an activating group) is 1. The van der Waals surface area contributed by atoms with Crippen LogP contribution in [0, 0.1) is 22.1 Å². The second-order valence-corrected chi connectivity index (χ2v) is 5.20. The Bertz CT molecular complexity index is 646. The van der Waals surface area contributed by atoms with E-state index in [2.05, 4.69) is 11.4 Å². The van der Waals surface area contributed by atoms with Gasteiger partial charge in [-0.15, -0.1) is 0 Å². The van der Waals surface area contributed by atoms with Gasteiger partial charge in [0.1, 0.15) is 12.1 Å². The number of hydrogen-bond acceptors (Lipinski definition) is 5. The zero-order valence-electron chi connectivity index (χ0n) is 12.5. The Morgan fingerprint density at radius 1 is 1.59 bits per heavy atom. The van der Waals surface area contributed by atoms with E-state index < -0.39 is 0 Å². The maximum atomic E-state index is 12.0. The van der Waals surface area contributed by atoms with Gasteiger partial charge >= 0.3 is 0 Å². The van der Waals surface area contributed by atoms with Crippen LogP contribution < -0.4 is 10.2 Å². The molecule has 1 aromatic carbocycles. The number of carbonyl (C=O) groups excluding carboxylic acids is 1. The van der Waals surface area contributed by atoms with Crippen molar-refractivity contribution in [3.05, 3.63) is 29.3 Å². The zero-order valence-corrected chi connectivity index (χ0v) is 12.5. The largest absolute Gasteiger partial charge is 0.358 e. The minimum atomic E-state index is -0.246. The number of anilines is 1. The van der Waals surface area contributed by atoms with E-state index in [9.17, 15) is 10.1 Å². The number of nitrogens with zero attached hydrogens (tertiary/aromatic N) is 2. The van der Waals surface area contributed by atoms with Crippen LogP contribution >= 0.6 is 0 Å². The minimum absolute atomic E-state index is 0.0398. The van der Waals surface area contributed by atoms with Gasteiger partial charge in [-0.25, -0.2) is 0 Å². The van der Waals surface area contributed by atoms with Crippen molar-refractivity contribution in [1.82, 2.24) is 5.32 Å². The van der Waals surface area contributed by atoms with Gasteiger partial charge in [0.05, 0.1) is 11.3 Å². The van der Waals surface area contributed by atoms with Crippen LogP contribution in [0.3, 0.4) is 0 Å². The number of benzene rings is 1. The van der Waals surface area contributed by atoms with E-state index in [1.807, 2.05) is 4.90 Å². The maximum Gasteiger partial charge on any atom is 0.242 e. The first-order chi connectivity index (χ1) is 10.6. The molecule has 1 aromatic rings. The molecule has 0 aliphatic carbocycles. The Morgan fingerprint density at radius 2 is 2.36 bits per heavy atom. The Hall–Kier alpha value is -2.68. The van der Waals surface area contributed by atoms with Crippen molar-refractivity contribution in [2.24, 2.45) is 0 Å². The lowest BCUT2D eigenvalue weighted by molar-refractivity contribution is -0.121. The molecule has 6 heteroatoms. The molecule has 0 aromatic heterocycles. The van der Waals surface area contributed by atoms with Crippen LogP contribution in [0.15, 0.2) is 18.2 Å². The molecule has 6 nitrogen and oxygen atoms in total. The number of amides is 1. The van der Waals surface area contributed by atoms with Crippen LogP contribution in [-0.2, 0) is 4.79 Å². The summed E-state index contributed by atoms with van der Waals surface area (Å²) in [5.74, 6) is -0.0398. The van der Waals surface area contributed by atoms with E-state index in [1.165, 1.54) is 6.21 Å². The Balaban J connectivity index is 2.35. The van der Waals surface area contributed by atoms with Crippen LogP contribution in [-0.4, -0.2) is 37.5 Å². The Kier molecular flexibility index (Phi) is 4.89. The van der Waals surface area contributed by atoms with Crippen molar-refractivity contribution in [1.29, 1.82) is 16.1 Å². The second kappa shape index (κ2) is 6.85. The number of nitriles is 1. The summed E-state index contributed by atoms with van der Waals surface area (Å²) in [4.78, 5) is 13.9. The van der Waals surface area contributed by atoms with Crippen molar-refractivity contribution in [3.63, 3.8) is 0 Å². The highest BCUT2D eigenvalue weighted by Crippen LogP contribution is 2.29. The molecule has 0 radical (unpaired) electrons. The molecule has 0 spiro atoms. The van der Waals surface area contributed by atoms with Gasteiger partial charge in [0.2, 0.25) is 5.91 Å². The third-order valence-electron chi connectivity index (χ3n) is 3.88. The molecule has 1 atom stereocenters. The van der Waals surface area contributed by atoms with Gasteiger partial charge < -0.3 is 21.0 Å². The van der Waals surface area contributed by atoms with Crippen LogP contribution in [0.25, 0.3) is 0 Å². The smallest absolute Gasteiger partial charge is 0.242 e. The summed E-state index contributed by atoms with van der Waals surface area (Å²) >= 11 is 0. The molecule has 1 aliphatic heterocycles. The van der Waals surface area contributed by atoms with E-state index in [1.54, 1.807) is 25.2 Å². The first-order valence-electron chi connectivity index (χ1n) is 7.21. The highest BCUT2D eigenvalue weighted by atomic mass is 16.2. The quantitative estimate of drug-likeness (QED) is 0.720. The number of nitrogens with one attached hydrogen (secondary N) is 3. The summed E-state index contributed by atoms with van der Waals surface area (Å²) in [6.45, 7) is 0.740. The number of rotatable bonds is 5. The van der Waals surface area contributed by atoms with Gasteiger partial charge in [0.25, 0.3) is 0 Å². The third kappa shape index (κ3) is 2.98. The molecule has 2 rings (SSSR count). The van der Waals surface area contributed by atoms with E-state index in [-0.39, 0.29) is 18.4 Å². The number of carbonyl (C=O) groups is 1. The molecular weight excluding hydrogens is 278 g/mol. The first-order valence-corrected chi connectivity index (χ1v) is 7.21. The monoisotopic (exact) mass is 297 g/mol. The fraction of sp³-hybridized carbons (Fsp3) is 0.375. The van der Waals surface area contributed by atoms with Gasteiger partial charge in [-0.1, -0.05) is 6.07 Å². The van der Waals surface area contributed by atoms with Crippen molar-refractivity contribution >= 4 is 23.5 Å². The normalized spacial score (nSPS) is 16.9. The van der Waals surface area contributed by atoms with E-state index >= 15 is 0 Å². The molecule has 3 N–H and O–H groups in total. The van der Waals surface area contributed by atoms with Crippen LogP contribution in [0.4, 0.5) is 5.69 Å². The molecule has 1 saturated heterocycles. The van der Waals surface area contributed by atoms with Gasteiger partial charge in [0, 0.05) is 31.9 Å². The average Bonchev–Trinajstić information content (AvgIpc) is 3.03. The number of hydrogen-bond donors (Lipinski definition) is 3.